The molecule has 0 fully saturated rings. The first-order valence-corrected chi connectivity index (χ1v) is 10.7. The van der Waals surface area contributed by atoms with Crippen LogP contribution in [0.4, 0.5) is 11.6 Å². The summed E-state index contributed by atoms with van der Waals surface area (Å²) in [4.78, 5) is 9.22. The molecular weight excluding hydrogens is 374 g/mol. The fourth-order valence-electron chi connectivity index (χ4n) is 2.83. The highest BCUT2D eigenvalue weighted by Crippen LogP contribution is 2.22. The first kappa shape index (κ1) is 20.0. The van der Waals surface area contributed by atoms with E-state index in [1.54, 1.807) is 38.2 Å². The van der Waals surface area contributed by atoms with Crippen molar-refractivity contribution in [2.45, 2.75) is 51.2 Å². The van der Waals surface area contributed by atoms with E-state index in [9.17, 15) is 8.42 Å². The maximum Gasteiger partial charge on any atom is 0.180 e. The number of aryl methyl sites for hydroxylation is 2. The minimum Gasteiger partial charge on any atom is -0.323 e. The highest BCUT2D eigenvalue weighted by molar-refractivity contribution is 7.92. The van der Waals surface area contributed by atoms with Crippen LogP contribution in [0.5, 0.6) is 0 Å². The lowest BCUT2D eigenvalue weighted by molar-refractivity contribution is 0.587. The van der Waals surface area contributed by atoms with E-state index in [0.717, 1.165) is 28.2 Å². The molecule has 0 aliphatic heterocycles. The number of rotatable bonds is 6. The van der Waals surface area contributed by atoms with Gasteiger partial charge in [-0.2, -0.15) is 5.10 Å². The maximum atomic E-state index is 12.5. The van der Waals surface area contributed by atoms with Crippen molar-refractivity contribution in [1.29, 1.82) is 0 Å². The van der Waals surface area contributed by atoms with Gasteiger partial charge in [-0.3, -0.25) is 5.10 Å². The zero-order chi connectivity index (χ0) is 20.5. The van der Waals surface area contributed by atoms with Crippen LogP contribution >= 0.6 is 0 Å². The van der Waals surface area contributed by atoms with Gasteiger partial charge in [0.2, 0.25) is 0 Å². The molecule has 0 aliphatic carbocycles. The van der Waals surface area contributed by atoms with Crippen LogP contribution in [0.1, 0.15) is 42.1 Å². The van der Waals surface area contributed by atoms with Gasteiger partial charge in [0.15, 0.2) is 15.7 Å². The van der Waals surface area contributed by atoms with Crippen molar-refractivity contribution >= 4 is 21.5 Å². The molecule has 0 radical (unpaired) electrons. The molecule has 0 atom stereocenters. The number of benzene rings is 1. The molecule has 1 aromatic carbocycles. The molecule has 0 unspecified atom stereocenters. The number of aromatic amines is 1. The topological polar surface area (TPSA) is 101 Å². The van der Waals surface area contributed by atoms with Crippen LogP contribution in [0.3, 0.4) is 0 Å². The summed E-state index contributed by atoms with van der Waals surface area (Å²) < 4.78 is 25.1. The highest BCUT2D eigenvalue weighted by atomic mass is 32.2. The van der Waals surface area contributed by atoms with E-state index >= 15 is 0 Å². The molecule has 2 heterocycles. The number of sulfone groups is 1. The fraction of sp³-hybridized carbons (Fsp3) is 0.350. The number of hydrogen-bond donors (Lipinski definition) is 2. The lowest BCUT2D eigenvalue weighted by atomic mass is 10.1. The molecule has 28 heavy (non-hydrogen) atoms. The zero-order valence-corrected chi connectivity index (χ0v) is 17.6. The van der Waals surface area contributed by atoms with Gasteiger partial charge in [0.25, 0.3) is 0 Å². The summed E-state index contributed by atoms with van der Waals surface area (Å²) in [6.07, 6.45) is 2.12. The van der Waals surface area contributed by atoms with Gasteiger partial charge in [0.1, 0.15) is 11.6 Å². The van der Waals surface area contributed by atoms with E-state index in [4.69, 9.17) is 0 Å². The Balaban J connectivity index is 1.86. The van der Waals surface area contributed by atoms with Crippen LogP contribution in [0, 0.1) is 20.8 Å². The lowest BCUT2D eigenvalue weighted by Gasteiger charge is -2.11. The van der Waals surface area contributed by atoms with Crippen molar-refractivity contribution in [1.82, 2.24) is 20.2 Å². The molecule has 8 heteroatoms. The van der Waals surface area contributed by atoms with Crippen LogP contribution in [-0.2, 0) is 16.3 Å². The minimum atomic E-state index is -3.33. The maximum absolute atomic E-state index is 12.5. The summed E-state index contributed by atoms with van der Waals surface area (Å²) in [5.74, 6) is 1.97. The highest BCUT2D eigenvalue weighted by Gasteiger charge is 2.20. The van der Waals surface area contributed by atoms with Crippen LogP contribution in [-0.4, -0.2) is 33.8 Å². The molecular formula is C20H25N5O2S. The Kier molecular flexibility index (Phi) is 5.51. The Hall–Kier alpha value is -2.74. The molecule has 0 saturated carbocycles. The normalized spacial score (nSPS) is 11.8. The molecule has 0 spiro atoms. The second-order valence-electron chi connectivity index (χ2n) is 7.23. The smallest absolute Gasteiger partial charge is 0.180 e. The van der Waals surface area contributed by atoms with Crippen molar-refractivity contribution in [3.8, 4) is 0 Å². The van der Waals surface area contributed by atoms with E-state index < -0.39 is 15.1 Å². The molecule has 0 saturated heterocycles. The van der Waals surface area contributed by atoms with Crippen molar-refractivity contribution in [2.75, 3.05) is 5.32 Å². The Morgan fingerprint density at radius 1 is 1.14 bits per heavy atom. The molecule has 3 rings (SSSR count). The predicted octanol–water partition coefficient (Wildman–Crippen LogP) is 3.64. The van der Waals surface area contributed by atoms with Crippen molar-refractivity contribution < 1.29 is 8.42 Å². The van der Waals surface area contributed by atoms with E-state index in [0.29, 0.717) is 23.0 Å². The second kappa shape index (κ2) is 7.71. The number of aromatic nitrogens is 4. The number of nitrogens with zero attached hydrogens (tertiary/aromatic N) is 3. The van der Waals surface area contributed by atoms with Crippen molar-refractivity contribution in [2.24, 2.45) is 0 Å². The van der Waals surface area contributed by atoms with E-state index in [1.165, 1.54) is 0 Å². The second-order valence-corrected chi connectivity index (χ2v) is 9.73. The van der Waals surface area contributed by atoms with Gasteiger partial charge < -0.3 is 5.32 Å². The molecule has 0 amide bonds. The van der Waals surface area contributed by atoms with Gasteiger partial charge in [-0.25, -0.2) is 18.4 Å². The summed E-state index contributed by atoms with van der Waals surface area (Å²) in [5, 5.41) is 9.89. The Labute approximate surface area is 165 Å². The molecule has 148 valence electrons. The Bertz CT molecular complexity index is 1100. The Morgan fingerprint density at radius 3 is 2.54 bits per heavy atom. The van der Waals surface area contributed by atoms with Gasteiger partial charge >= 0.3 is 0 Å². The van der Waals surface area contributed by atoms with Crippen molar-refractivity contribution in [3.05, 3.63) is 58.7 Å². The predicted molar refractivity (Wildman–Crippen MR) is 110 cm³/mol. The molecule has 7 nitrogen and oxygen atoms in total. The summed E-state index contributed by atoms with van der Waals surface area (Å²) in [6.45, 7) is 9.21. The van der Waals surface area contributed by atoms with Crippen molar-refractivity contribution in [3.63, 3.8) is 0 Å². The summed E-state index contributed by atoms with van der Waals surface area (Å²) >= 11 is 0. The number of hydrogen-bond acceptors (Lipinski definition) is 6. The molecule has 3 aromatic rings. The quantitative estimate of drug-likeness (QED) is 0.656. The summed E-state index contributed by atoms with van der Waals surface area (Å²) in [5.41, 5.74) is 3.79. The molecule has 2 aromatic heterocycles. The van der Waals surface area contributed by atoms with E-state index in [2.05, 4.69) is 25.5 Å². The first-order valence-electron chi connectivity index (χ1n) is 9.12. The van der Waals surface area contributed by atoms with E-state index in [-0.39, 0.29) is 0 Å². The minimum absolute atomic E-state index is 0.342. The SMILES string of the molecule is Cc1cc(Cc2nccc(Nc3n[nH]c(C)c3C)n2)cc(S(=O)(=O)C(C)C)c1. The average Bonchev–Trinajstić information content (AvgIpc) is 2.93. The third-order valence-electron chi connectivity index (χ3n) is 4.63. The Morgan fingerprint density at radius 2 is 1.89 bits per heavy atom. The van der Waals surface area contributed by atoms with Crippen LogP contribution in [0.2, 0.25) is 0 Å². The molecule has 2 N–H and O–H groups in total. The van der Waals surface area contributed by atoms with Gasteiger partial charge in [0.05, 0.1) is 10.1 Å². The van der Waals surface area contributed by atoms with Crippen LogP contribution in [0.25, 0.3) is 0 Å². The number of H-pyrrole nitrogens is 1. The van der Waals surface area contributed by atoms with Gasteiger partial charge in [-0.15, -0.1) is 0 Å². The molecule has 0 bridgehead atoms. The average molecular weight is 400 g/mol. The van der Waals surface area contributed by atoms with Crippen LogP contribution in [0.15, 0.2) is 35.4 Å². The number of nitrogens with one attached hydrogen (secondary N) is 2. The van der Waals surface area contributed by atoms with Gasteiger partial charge in [-0.05, 0) is 63.9 Å². The first-order chi connectivity index (χ1) is 13.2. The van der Waals surface area contributed by atoms with Crippen LogP contribution < -0.4 is 5.32 Å². The van der Waals surface area contributed by atoms with E-state index in [1.807, 2.05) is 26.8 Å². The number of anilines is 2. The third-order valence-corrected chi connectivity index (χ3v) is 6.76. The standard InChI is InChI=1S/C20H25N5O2S/c1-12(2)28(26,27)17-9-13(3)8-16(10-17)11-19-21-7-6-18(22-19)23-20-14(4)15(5)24-25-20/h6-10,12H,11H2,1-5H3,(H2,21,22,23,24,25). The van der Waals surface area contributed by atoms with Gasteiger partial charge in [0, 0.05) is 23.9 Å². The summed E-state index contributed by atoms with van der Waals surface area (Å²) in [6, 6.07) is 7.16. The molecule has 0 aliphatic rings. The zero-order valence-electron chi connectivity index (χ0n) is 16.7. The fourth-order valence-corrected chi connectivity index (χ4v) is 4.04. The third kappa shape index (κ3) is 4.22. The van der Waals surface area contributed by atoms with Gasteiger partial charge in [-0.1, -0.05) is 6.07 Å². The monoisotopic (exact) mass is 399 g/mol. The lowest BCUT2D eigenvalue weighted by Crippen LogP contribution is -2.14. The largest absolute Gasteiger partial charge is 0.323 e. The summed E-state index contributed by atoms with van der Waals surface area (Å²) in [7, 11) is -3.33.